The van der Waals surface area contributed by atoms with E-state index in [-0.39, 0.29) is 17.4 Å². The molecule has 0 atom stereocenters. The normalized spacial score (nSPS) is 11.2. The number of anilines is 1. The van der Waals surface area contributed by atoms with E-state index in [1.165, 1.54) is 17.9 Å². The summed E-state index contributed by atoms with van der Waals surface area (Å²) in [6, 6.07) is 12.6. The van der Waals surface area contributed by atoms with E-state index in [4.69, 9.17) is 21.1 Å². The van der Waals surface area contributed by atoms with Gasteiger partial charge in [0.05, 0.1) is 29.6 Å². The number of halogens is 1. The van der Waals surface area contributed by atoms with E-state index in [0.29, 0.717) is 33.5 Å². The van der Waals surface area contributed by atoms with E-state index in [2.05, 4.69) is 5.32 Å². The monoisotopic (exact) mass is 455 g/mol. The predicted octanol–water partition coefficient (Wildman–Crippen LogP) is 4.59. The largest absolute Gasteiger partial charge is 0.493 e. The first-order valence-corrected chi connectivity index (χ1v) is 10.5. The number of rotatable bonds is 7. The molecule has 3 aromatic rings. The topological polar surface area (TPSA) is 74.5 Å². The van der Waals surface area contributed by atoms with Crippen LogP contribution in [0.5, 0.6) is 11.5 Å². The maximum Gasteiger partial charge on any atom is 0.295 e. The number of hydrogen-bond acceptors (Lipinski definition) is 4. The highest BCUT2D eigenvalue weighted by Gasteiger charge is 2.17. The second kappa shape index (κ2) is 9.78. The highest BCUT2D eigenvalue weighted by molar-refractivity contribution is 6.32. The maximum atomic E-state index is 12.9. The zero-order valence-corrected chi connectivity index (χ0v) is 19.4. The van der Waals surface area contributed by atoms with Crippen LogP contribution in [0.1, 0.15) is 25.1 Å². The smallest absolute Gasteiger partial charge is 0.295 e. The summed E-state index contributed by atoms with van der Waals surface area (Å²) in [6.07, 6.45) is 2.87. The Morgan fingerprint density at radius 1 is 1.19 bits per heavy atom. The third-order valence-corrected chi connectivity index (χ3v) is 5.12. The van der Waals surface area contributed by atoms with Crippen molar-refractivity contribution in [2.24, 2.45) is 7.05 Å². The minimum atomic E-state index is -0.436. The molecular formula is C24H26ClN3O4. The van der Waals surface area contributed by atoms with Gasteiger partial charge in [-0.1, -0.05) is 29.8 Å². The Hall–Kier alpha value is -3.45. The van der Waals surface area contributed by atoms with Gasteiger partial charge in [0, 0.05) is 13.1 Å². The quantitative estimate of drug-likeness (QED) is 0.529. The SMILES string of the molecule is COc1cc(/C=C/C(=O)Nc2c(C)n(C)n(-c3ccccc3)c2=O)cc(Cl)c1OC(C)C. The minimum Gasteiger partial charge on any atom is -0.493 e. The lowest BCUT2D eigenvalue weighted by Crippen LogP contribution is -2.22. The second-order valence-corrected chi connectivity index (χ2v) is 7.87. The van der Waals surface area contributed by atoms with Crippen molar-refractivity contribution in [2.45, 2.75) is 26.9 Å². The lowest BCUT2D eigenvalue weighted by Gasteiger charge is -2.15. The fourth-order valence-electron chi connectivity index (χ4n) is 3.24. The number of carbonyl (C=O) groups is 1. The predicted molar refractivity (Wildman–Crippen MR) is 127 cm³/mol. The van der Waals surface area contributed by atoms with Crippen LogP contribution in [0.25, 0.3) is 11.8 Å². The van der Waals surface area contributed by atoms with Crippen molar-refractivity contribution < 1.29 is 14.3 Å². The summed E-state index contributed by atoms with van der Waals surface area (Å²) >= 11 is 6.34. The molecule has 0 unspecified atom stereocenters. The van der Waals surface area contributed by atoms with Gasteiger partial charge >= 0.3 is 0 Å². The van der Waals surface area contributed by atoms with Gasteiger partial charge < -0.3 is 14.8 Å². The van der Waals surface area contributed by atoms with Gasteiger partial charge in [0.2, 0.25) is 5.91 Å². The molecule has 0 bridgehead atoms. The average molecular weight is 456 g/mol. The molecule has 2 aromatic carbocycles. The fourth-order valence-corrected chi connectivity index (χ4v) is 3.50. The molecule has 168 valence electrons. The van der Waals surface area contributed by atoms with Crippen LogP contribution >= 0.6 is 11.6 Å². The Kier molecular flexibility index (Phi) is 7.10. The van der Waals surface area contributed by atoms with Crippen LogP contribution in [0.15, 0.2) is 53.3 Å². The van der Waals surface area contributed by atoms with Gasteiger partial charge in [-0.3, -0.25) is 14.3 Å². The Morgan fingerprint density at radius 3 is 2.50 bits per heavy atom. The van der Waals surface area contributed by atoms with E-state index >= 15 is 0 Å². The van der Waals surface area contributed by atoms with Gasteiger partial charge in [0.25, 0.3) is 5.56 Å². The van der Waals surface area contributed by atoms with Gasteiger partial charge in [-0.2, -0.15) is 0 Å². The summed E-state index contributed by atoms with van der Waals surface area (Å²) in [5.74, 6) is 0.483. The summed E-state index contributed by atoms with van der Waals surface area (Å²) in [5, 5.41) is 3.07. The van der Waals surface area contributed by atoms with Gasteiger partial charge in [-0.25, -0.2) is 4.68 Å². The first-order valence-electron chi connectivity index (χ1n) is 10.1. The molecule has 3 rings (SSSR count). The molecule has 0 saturated carbocycles. The molecule has 1 aromatic heterocycles. The van der Waals surface area contributed by atoms with Gasteiger partial charge in [-0.15, -0.1) is 0 Å². The zero-order valence-electron chi connectivity index (χ0n) is 18.7. The Labute approximate surface area is 191 Å². The van der Waals surface area contributed by atoms with Crippen molar-refractivity contribution in [3.8, 4) is 17.2 Å². The van der Waals surface area contributed by atoms with Crippen LogP contribution in [-0.4, -0.2) is 28.5 Å². The number of hydrogen-bond donors (Lipinski definition) is 1. The van der Waals surface area contributed by atoms with Crippen LogP contribution in [0, 0.1) is 6.92 Å². The van der Waals surface area contributed by atoms with Gasteiger partial charge in [0.1, 0.15) is 5.69 Å². The molecule has 1 amide bonds. The van der Waals surface area contributed by atoms with Crippen LogP contribution in [-0.2, 0) is 11.8 Å². The number of amides is 1. The number of benzene rings is 2. The molecule has 0 aliphatic rings. The molecule has 7 nitrogen and oxygen atoms in total. The molecule has 32 heavy (non-hydrogen) atoms. The first kappa shape index (κ1) is 23.2. The van der Waals surface area contributed by atoms with Crippen LogP contribution in [0.2, 0.25) is 5.02 Å². The van der Waals surface area contributed by atoms with Crippen LogP contribution in [0.4, 0.5) is 5.69 Å². The number of aromatic nitrogens is 2. The van der Waals surface area contributed by atoms with Crippen molar-refractivity contribution in [2.75, 3.05) is 12.4 Å². The Balaban J connectivity index is 1.84. The zero-order chi connectivity index (χ0) is 23.4. The van der Waals surface area contributed by atoms with Gasteiger partial charge in [-0.05, 0) is 56.7 Å². The van der Waals surface area contributed by atoms with Crippen molar-refractivity contribution >= 4 is 29.3 Å². The number of methoxy groups -OCH3 is 1. The molecule has 0 radical (unpaired) electrons. The molecule has 0 aliphatic heterocycles. The number of nitrogens with zero attached hydrogens (tertiary/aromatic N) is 2. The average Bonchev–Trinajstić information content (AvgIpc) is 2.97. The van der Waals surface area contributed by atoms with E-state index < -0.39 is 5.91 Å². The molecule has 8 heteroatoms. The molecule has 0 aliphatic carbocycles. The molecule has 0 saturated heterocycles. The van der Waals surface area contributed by atoms with E-state index in [9.17, 15) is 9.59 Å². The molecule has 1 N–H and O–H groups in total. The van der Waals surface area contributed by atoms with Crippen LogP contribution in [0.3, 0.4) is 0 Å². The van der Waals surface area contributed by atoms with E-state index in [1.54, 1.807) is 36.9 Å². The third-order valence-electron chi connectivity index (χ3n) is 4.83. The van der Waals surface area contributed by atoms with Crippen molar-refractivity contribution in [1.29, 1.82) is 0 Å². The van der Waals surface area contributed by atoms with Crippen molar-refractivity contribution in [1.82, 2.24) is 9.36 Å². The number of para-hydroxylation sites is 1. The highest BCUT2D eigenvalue weighted by atomic mass is 35.5. The van der Waals surface area contributed by atoms with Crippen molar-refractivity contribution in [3.05, 3.63) is 75.2 Å². The summed E-state index contributed by atoms with van der Waals surface area (Å²) in [6.45, 7) is 5.56. The summed E-state index contributed by atoms with van der Waals surface area (Å²) in [7, 11) is 3.29. The second-order valence-electron chi connectivity index (χ2n) is 7.46. The number of carbonyl (C=O) groups excluding carboxylic acids is 1. The standard InChI is InChI=1S/C24H26ClN3O4/c1-15(2)32-23-19(25)13-17(14-20(23)31-5)11-12-21(29)26-22-16(3)27(4)28(24(22)30)18-9-7-6-8-10-18/h6-15H,1-5H3,(H,26,29)/b12-11+. The maximum absolute atomic E-state index is 12.9. The Bertz CT molecular complexity index is 1210. The fraction of sp³-hybridized carbons (Fsp3) is 0.250. The first-order chi connectivity index (χ1) is 15.2. The van der Waals surface area contributed by atoms with Gasteiger partial charge in [0.15, 0.2) is 11.5 Å². The molecule has 1 heterocycles. The minimum absolute atomic E-state index is 0.0670. The Morgan fingerprint density at radius 2 is 1.88 bits per heavy atom. The molecule has 0 spiro atoms. The lowest BCUT2D eigenvalue weighted by molar-refractivity contribution is -0.111. The highest BCUT2D eigenvalue weighted by Crippen LogP contribution is 2.37. The summed E-state index contributed by atoms with van der Waals surface area (Å²) in [4.78, 5) is 25.5. The van der Waals surface area contributed by atoms with Crippen LogP contribution < -0.4 is 20.3 Å². The van der Waals surface area contributed by atoms with E-state index in [0.717, 1.165) is 0 Å². The van der Waals surface area contributed by atoms with Crippen molar-refractivity contribution in [3.63, 3.8) is 0 Å². The third kappa shape index (κ3) is 4.89. The molecule has 0 fully saturated rings. The lowest BCUT2D eigenvalue weighted by atomic mass is 10.2. The summed E-state index contributed by atoms with van der Waals surface area (Å²) in [5.41, 5.74) is 1.93. The molecular weight excluding hydrogens is 430 g/mol. The number of ether oxygens (including phenoxy) is 2. The number of nitrogens with one attached hydrogen (secondary N) is 1. The summed E-state index contributed by atoms with van der Waals surface area (Å²) < 4.78 is 14.3. The van der Waals surface area contributed by atoms with E-state index in [1.807, 2.05) is 44.2 Å².